The van der Waals surface area contributed by atoms with Crippen LogP contribution in [0.4, 0.5) is 0 Å². The molecular weight excluding hydrogens is 418 g/mol. The van der Waals surface area contributed by atoms with E-state index in [0.717, 1.165) is 44.5 Å². The van der Waals surface area contributed by atoms with E-state index in [1.165, 1.54) is 0 Å². The van der Waals surface area contributed by atoms with Crippen molar-refractivity contribution >= 4 is 28.3 Å². The zero-order chi connectivity index (χ0) is 17.0. The molecule has 0 atom stereocenters. The lowest BCUT2D eigenvalue weighted by Crippen LogP contribution is -2.06. The fourth-order valence-electron chi connectivity index (χ4n) is 3.23. The molecule has 1 N–H and O–H groups in total. The van der Waals surface area contributed by atoms with Crippen LogP contribution in [0.1, 0.15) is 22.9 Å². The van der Waals surface area contributed by atoms with Gasteiger partial charge in [0, 0.05) is 21.9 Å². The van der Waals surface area contributed by atoms with E-state index >= 15 is 0 Å². The first-order chi connectivity index (χ1) is 12.2. The maximum Gasteiger partial charge on any atom is 0.160 e. The second kappa shape index (κ2) is 6.37. The van der Waals surface area contributed by atoms with Gasteiger partial charge in [-0.05, 0) is 31.2 Å². The molecular formula is C17H15BrClN7. The van der Waals surface area contributed by atoms with Crippen molar-refractivity contribution in [3.8, 4) is 17.1 Å². The summed E-state index contributed by atoms with van der Waals surface area (Å²) in [5, 5.41) is 11.7. The molecule has 0 radical (unpaired) electrons. The van der Waals surface area contributed by atoms with Gasteiger partial charge in [0.2, 0.25) is 0 Å². The Morgan fingerprint density at radius 3 is 2.96 bits per heavy atom. The molecule has 1 aliphatic rings. The average Bonchev–Trinajstić information content (AvgIpc) is 3.30. The third-order valence-electron chi connectivity index (χ3n) is 4.46. The lowest BCUT2D eigenvalue weighted by molar-refractivity contribution is 0.663. The summed E-state index contributed by atoms with van der Waals surface area (Å²) in [5.74, 6) is 1.64. The molecule has 1 aliphatic heterocycles. The van der Waals surface area contributed by atoms with Crippen molar-refractivity contribution in [2.75, 3.05) is 0 Å². The van der Waals surface area contributed by atoms with Gasteiger partial charge in [-0.3, -0.25) is 5.10 Å². The molecule has 0 bridgehead atoms. The van der Waals surface area contributed by atoms with E-state index in [1.807, 2.05) is 30.1 Å². The fraction of sp³-hybridized carbons (Fsp3) is 0.176. The first-order valence-electron chi connectivity index (χ1n) is 7.94. The molecule has 0 fully saturated rings. The number of fused-ring (bicyclic) bond motifs is 5. The van der Waals surface area contributed by atoms with Crippen LogP contribution in [-0.2, 0) is 13.0 Å². The molecule has 0 spiro atoms. The molecule has 26 heavy (non-hydrogen) atoms. The van der Waals surface area contributed by atoms with E-state index < -0.39 is 0 Å². The molecule has 0 saturated heterocycles. The van der Waals surface area contributed by atoms with Crippen molar-refractivity contribution in [2.24, 2.45) is 0 Å². The molecule has 4 aromatic rings. The molecule has 4 heterocycles. The minimum Gasteiger partial charge on any atom is -0.300 e. The fourth-order valence-corrected chi connectivity index (χ4v) is 3.59. The lowest BCUT2D eigenvalue weighted by Gasteiger charge is -2.08. The maximum atomic E-state index is 4.81. The average molecular weight is 433 g/mol. The Bertz CT molecular complexity index is 1080. The summed E-state index contributed by atoms with van der Waals surface area (Å²) < 4.78 is 5.10. The number of H-pyrrole nitrogens is 1. The van der Waals surface area contributed by atoms with Crippen LogP contribution in [0.25, 0.3) is 17.1 Å². The van der Waals surface area contributed by atoms with Gasteiger partial charge >= 0.3 is 0 Å². The lowest BCUT2D eigenvalue weighted by atomic mass is 10.1. The van der Waals surface area contributed by atoms with E-state index in [-0.39, 0.29) is 12.4 Å². The Morgan fingerprint density at radius 2 is 2.15 bits per heavy atom. The minimum atomic E-state index is 0. The number of benzene rings is 1. The van der Waals surface area contributed by atoms with Crippen molar-refractivity contribution < 1.29 is 0 Å². The van der Waals surface area contributed by atoms with Gasteiger partial charge in [0.1, 0.15) is 0 Å². The van der Waals surface area contributed by atoms with E-state index in [9.17, 15) is 0 Å². The number of nitrogens with one attached hydrogen (secondary N) is 1. The Balaban J connectivity index is 0.00000168. The number of nitrogens with zero attached hydrogens (tertiary/aromatic N) is 6. The Hall–Kier alpha value is -2.45. The number of aromatic nitrogens is 7. The van der Waals surface area contributed by atoms with Gasteiger partial charge in [0.25, 0.3) is 0 Å². The maximum absolute atomic E-state index is 4.81. The zero-order valence-corrected chi connectivity index (χ0v) is 16.3. The SMILES string of the molecule is Cc1ncn2c1Cn1nc(Cc3ccn[nH]3)nc1-c1cc(Br)ccc1-2.Cl. The van der Waals surface area contributed by atoms with Crippen molar-refractivity contribution in [3.05, 3.63) is 64.2 Å². The number of rotatable bonds is 2. The first kappa shape index (κ1) is 17.0. The summed E-state index contributed by atoms with van der Waals surface area (Å²) in [4.78, 5) is 9.29. The van der Waals surface area contributed by atoms with Gasteiger partial charge in [-0.25, -0.2) is 14.6 Å². The third kappa shape index (κ3) is 2.65. The van der Waals surface area contributed by atoms with Crippen LogP contribution in [0.2, 0.25) is 0 Å². The van der Waals surface area contributed by atoms with Crippen molar-refractivity contribution in [2.45, 2.75) is 19.9 Å². The number of hydrogen-bond donors (Lipinski definition) is 1. The highest BCUT2D eigenvalue weighted by atomic mass is 79.9. The van der Waals surface area contributed by atoms with Crippen molar-refractivity contribution in [1.29, 1.82) is 0 Å². The standard InChI is InChI=1S/C17H14BrN7.ClH/c1-10-15-8-25-17(21-16(23-25)7-12-4-5-20-22-12)13-6-11(18)2-3-14(13)24(15)9-19-10;/h2-6,9H,7-8H2,1H3,(H,20,22);1H. The van der Waals surface area contributed by atoms with Gasteiger partial charge in [0.05, 0.1) is 36.4 Å². The van der Waals surface area contributed by atoms with E-state index in [1.54, 1.807) is 6.20 Å². The summed E-state index contributed by atoms with van der Waals surface area (Å²) in [6, 6.07) is 8.15. The summed E-state index contributed by atoms with van der Waals surface area (Å²) in [6.45, 7) is 2.67. The van der Waals surface area contributed by atoms with Crippen molar-refractivity contribution in [3.63, 3.8) is 0 Å². The van der Waals surface area contributed by atoms with Crippen LogP contribution in [-0.4, -0.2) is 34.5 Å². The third-order valence-corrected chi connectivity index (χ3v) is 4.95. The van der Waals surface area contributed by atoms with Gasteiger partial charge in [-0.15, -0.1) is 12.4 Å². The topological polar surface area (TPSA) is 77.2 Å². The van der Waals surface area contributed by atoms with Crippen LogP contribution in [0.3, 0.4) is 0 Å². The van der Waals surface area contributed by atoms with Crippen LogP contribution in [0.15, 0.2) is 41.3 Å². The summed E-state index contributed by atoms with van der Waals surface area (Å²) in [7, 11) is 0. The zero-order valence-electron chi connectivity index (χ0n) is 13.8. The molecule has 0 amide bonds. The van der Waals surface area contributed by atoms with Crippen molar-refractivity contribution in [1.82, 2.24) is 34.5 Å². The quantitative estimate of drug-likeness (QED) is 0.464. The highest BCUT2D eigenvalue weighted by Crippen LogP contribution is 2.33. The van der Waals surface area contributed by atoms with Crippen LogP contribution in [0, 0.1) is 6.92 Å². The molecule has 0 unspecified atom stereocenters. The Morgan fingerprint density at radius 1 is 1.27 bits per heavy atom. The Labute approximate surface area is 164 Å². The van der Waals surface area contributed by atoms with Crippen LogP contribution >= 0.6 is 28.3 Å². The highest BCUT2D eigenvalue weighted by molar-refractivity contribution is 9.10. The van der Waals surface area contributed by atoms with Crippen LogP contribution < -0.4 is 0 Å². The monoisotopic (exact) mass is 431 g/mol. The molecule has 132 valence electrons. The summed E-state index contributed by atoms with van der Waals surface area (Å²) in [6.07, 6.45) is 4.24. The predicted molar refractivity (Wildman–Crippen MR) is 103 cm³/mol. The molecule has 9 heteroatoms. The molecule has 0 saturated carbocycles. The highest BCUT2D eigenvalue weighted by Gasteiger charge is 2.24. The summed E-state index contributed by atoms with van der Waals surface area (Å²) in [5.41, 5.74) is 5.23. The smallest absolute Gasteiger partial charge is 0.160 e. The summed E-state index contributed by atoms with van der Waals surface area (Å²) >= 11 is 3.57. The second-order valence-electron chi connectivity index (χ2n) is 6.08. The Kier molecular flexibility index (Phi) is 4.16. The molecule has 7 nitrogen and oxygen atoms in total. The van der Waals surface area contributed by atoms with Gasteiger partial charge in [-0.1, -0.05) is 15.9 Å². The molecule has 5 rings (SSSR count). The van der Waals surface area contributed by atoms with E-state index in [2.05, 4.69) is 47.8 Å². The minimum absolute atomic E-state index is 0. The number of imidazole rings is 1. The number of aromatic amines is 1. The van der Waals surface area contributed by atoms with Gasteiger partial charge < -0.3 is 4.57 Å². The van der Waals surface area contributed by atoms with E-state index in [4.69, 9.17) is 10.1 Å². The number of aryl methyl sites for hydroxylation is 1. The molecule has 3 aromatic heterocycles. The number of halogens is 2. The second-order valence-corrected chi connectivity index (χ2v) is 6.99. The molecule has 1 aromatic carbocycles. The predicted octanol–water partition coefficient (Wildman–Crippen LogP) is 3.30. The number of hydrogen-bond acceptors (Lipinski definition) is 4. The molecule has 0 aliphatic carbocycles. The normalized spacial score (nSPS) is 11.9. The van der Waals surface area contributed by atoms with E-state index in [0.29, 0.717) is 13.0 Å². The van der Waals surface area contributed by atoms with Gasteiger partial charge in [0.15, 0.2) is 11.6 Å². The largest absolute Gasteiger partial charge is 0.300 e. The van der Waals surface area contributed by atoms with Crippen LogP contribution in [0.5, 0.6) is 0 Å². The van der Waals surface area contributed by atoms with Gasteiger partial charge in [-0.2, -0.15) is 10.2 Å². The first-order valence-corrected chi connectivity index (χ1v) is 8.73.